The summed E-state index contributed by atoms with van der Waals surface area (Å²) in [5.41, 5.74) is -2.40. The van der Waals surface area contributed by atoms with Gasteiger partial charge in [-0.15, -0.1) is 0 Å². The van der Waals surface area contributed by atoms with Crippen molar-refractivity contribution >= 4 is 167 Å². The Balaban J connectivity index is 0.000000187. The number of fused-ring (bicyclic) bond motifs is 3. The van der Waals surface area contributed by atoms with Crippen molar-refractivity contribution in [1.82, 2.24) is 28.9 Å². The zero-order valence-corrected chi connectivity index (χ0v) is 49.8. The van der Waals surface area contributed by atoms with Crippen LogP contribution in [0.25, 0.3) is 32.3 Å². The Morgan fingerprint density at radius 2 is 1.00 bits per heavy atom. The molecule has 2 aliphatic rings. The third kappa shape index (κ3) is 13.5. The Kier molecular flexibility index (Phi) is 20.1. The van der Waals surface area contributed by atoms with Gasteiger partial charge in [-0.05, 0) is 138 Å². The van der Waals surface area contributed by atoms with Crippen molar-refractivity contribution in [3.05, 3.63) is 102 Å². The van der Waals surface area contributed by atoms with Crippen LogP contribution in [0.5, 0.6) is 0 Å². The van der Waals surface area contributed by atoms with Crippen LogP contribution in [0.15, 0.2) is 101 Å². The molecule has 0 aliphatic heterocycles. The fourth-order valence-electron chi connectivity index (χ4n) is 8.62. The molecular weight excluding hydrogens is 1290 g/mol. The largest absolute Gasteiger partial charge is 0.465 e. The maximum Gasteiger partial charge on any atom is 0.327 e. The molecule has 1 N–H and O–H groups in total. The van der Waals surface area contributed by atoms with Gasteiger partial charge in [-0.25, -0.2) is 40.2 Å². The topological polar surface area (TPSA) is 212 Å². The minimum Gasteiger partial charge on any atom is -0.465 e. The number of aromatic nitrogens is 3. The van der Waals surface area contributed by atoms with E-state index in [1.807, 2.05) is 19.0 Å². The van der Waals surface area contributed by atoms with Gasteiger partial charge in [0.1, 0.15) is 26.5 Å². The fraction of sp³-hybridized carbons (Fsp3) is 0.383. The molecular formula is C47H49Br3Cl4N6O10S3. The Morgan fingerprint density at radius 1 is 0.603 bits per heavy atom. The monoisotopic (exact) mass is 1330 g/mol. The van der Waals surface area contributed by atoms with Gasteiger partial charge in [0.05, 0.1) is 27.9 Å². The number of sulfonamides is 2. The second-order valence-electron chi connectivity index (χ2n) is 17.2. The van der Waals surface area contributed by atoms with Crippen LogP contribution in [-0.4, -0.2) is 113 Å². The number of benzene rings is 3. The smallest absolute Gasteiger partial charge is 0.327 e. The van der Waals surface area contributed by atoms with Crippen molar-refractivity contribution in [3.8, 4) is 0 Å². The lowest BCUT2D eigenvalue weighted by Crippen LogP contribution is -2.57. The van der Waals surface area contributed by atoms with Crippen LogP contribution in [0.1, 0.15) is 65.2 Å². The van der Waals surface area contributed by atoms with E-state index in [4.69, 9.17) is 55.0 Å². The molecule has 2 fully saturated rings. The average molecular weight is 1340 g/mol. The van der Waals surface area contributed by atoms with Crippen molar-refractivity contribution in [2.24, 2.45) is 0 Å². The number of carbonyl (C=O) groups excluding carboxylic acids is 2. The quantitative estimate of drug-likeness (QED) is 0.0611. The predicted molar refractivity (Wildman–Crippen MR) is 295 cm³/mol. The summed E-state index contributed by atoms with van der Waals surface area (Å²) in [6, 6.07) is 13.8. The molecule has 0 saturated heterocycles. The standard InChI is InChI=1S/C21H27BrClN3O4S.C17H18BrClN2O4S.C9H4BrCl2NO2S/c1-4-30-20(27)21(9-5-6-10-21)26(12-11-25(2)3)31(28,29)15-7-8-16-17(13-15)19(23)24-14-18(16)22;1-2-25-16(22)17(7-3-4-8-17)21-26(23,24)11-5-6-12-13(9-11)15(19)20-10-14(12)18;10-8-4-13-9(11)7-3-5(16(12,14)15)1-2-6(7)8/h7-8,13-14H,4-6,9-12H2,1-3H3;5-6,9-10,21H,2-4,7-8H2,1H3;1-4H. The molecule has 3 aromatic carbocycles. The molecule has 2 saturated carbocycles. The number of hydrogen-bond donors (Lipinski definition) is 1. The molecule has 73 heavy (non-hydrogen) atoms. The van der Waals surface area contributed by atoms with Crippen LogP contribution in [-0.2, 0) is 48.2 Å². The van der Waals surface area contributed by atoms with Gasteiger partial charge in [-0.3, -0.25) is 9.59 Å². The predicted octanol–water partition coefficient (Wildman–Crippen LogP) is 11.5. The van der Waals surface area contributed by atoms with E-state index < -0.39 is 52.1 Å². The summed E-state index contributed by atoms with van der Waals surface area (Å²) < 4.78 is 92.6. The Morgan fingerprint density at radius 3 is 1.44 bits per heavy atom. The molecule has 0 spiro atoms. The summed E-state index contributed by atoms with van der Waals surface area (Å²) in [5.74, 6) is -0.998. The maximum absolute atomic E-state index is 13.9. The van der Waals surface area contributed by atoms with Crippen molar-refractivity contribution in [2.45, 2.75) is 91.0 Å². The van der Waals surface area contributed by atoms with E-state index in [0.717, 1.165) is 50.8 Å². The van der Waals surface area contributed by atoms with Gasteiger partial charge in [-0.1, -0.05) is 78.7 Å². The summed E-state index contributed by atoms with van der Waals surface area (Å²) >= 11 is 28.4. The van der Waals surface area contributed by atoms with E-state index in [-0.39, 0.29) is 49.9 Å². The van der Waals surface area contributed by atoms with E-state index in [1.165, 1.54) is 34.6 Å². The molecule has 3 heterocycles. The molecule has 394 valence electrons. The van der Waals surface area contributed by atoms with Gasteiger partial charge in [0.25, 0.3) is 9.05 Å². The number of halogens is 7. The zero-order valence-electron chi connectivity index (χ0n) is 39.6. The third-order valence-electron chi connectivity index (χ3n) is 12.2. The van der Waals surface area contributed by atoms with E-state index in [2.05, 4.69) is 67.5 Å². The first kappa shape index (κ1) is 59.4. The number of ether oxygens (including phenoxy) is 2. The second-order valence-corrected chi connectivity index (χ2v) is 27.0. The van der Waals surface area contributed by atoms with Crippen LogP contribution in [0.4, 0.5) is 0 Å². The molecule has 2 aliphatic carbocycles. The van der Waals surface area contributed by atoms with E-state index in [1.54, 1.807) is 56.7 Å². The number of esters is 2. The fourth-order valence-corrected chi connectivity index (χ4v) is 14.6. The summed E-state index contributed by atoms with van der Waals surface area (Å²) in [7, 11) is -2.72. The summed E-state index contributed by atoms with van der Waals surface area (Å²) in [6.45, 7) is 4.49. The number of carbonyl (C=O) groups is 2. The Bertz CT molecular complexity index is 3410. The molecule has 16 nitrogen and oxygen atoms in total. The van der Waals surface area contributed by atoms with Crippen molar-refractivity contribution < 1.29 is 44.3 Å². The number of hydrogen-bond acceptors (Lipinski definition) is 14. The minimum absolute atomic E-state index is 0.00321. The highest BCUT2D eigenvalue weighted by Gasteiger charge is 2.52. The molecule has 0 atom stereocenters. The molecule has 0 unspecified atom stereocenters. The number of rotatable bonds is 14. The number of likely N-dealkylation sites (N-methyl/N-ethyl adjacent to an activating group) is 1. The van der Waals surface area contributed by atoms with E-state index in [9.17, 15) is 34.8 Å². The molecule has 6 aromatic rings. The van der Waals surface area contributed by atoms with Gasteiger partial charge in [0.15, 0.2) is 0 Å². The highest BCUT2D eigenvalue weighted by Crippen LogP contribution is 2.41. The average Bonchev–Trinajstić information content (AvgIpc) is 4.04. The van der Waals surface area contributed by atoms with Crippen molar-refractivity contribution in [2.75, 3.05) is 40.4 Å². The number of nitrogens with zero attached hydrogens (tertiary/aromatic N) is 5. The lowest BCUT2D eigenvalue weighted by molar-refractivity contribution is -0.154. The van der Waals surface area contributed by atoms with Crippen LogP contribution >= 0.6 is 93.3 Å². The number of nitrogens with one attached hydrogen (secondary N) is 1. The summed E-state index contributed by atoms with van der Waals surface area (Å²) in [6.07, 6.45) is 9.50. The van der Waals surface area contributed by atoms with Gasteiger partial charge in [0.2, 0.25) is 20.0 Å². The highest BCUT2D eigenvalue weighted by atomic mass is 79.9. The molecule has 0 bridgehead atoms. The van der Waals surface area contributed by atoms with E-state index >= 15 is 0 Å². The first-order valence-electron chi connectivity index (χ1n) is 22.5. The van der Waals surface area contributed by atoms with Gasteiger partial charge >= 0.3 is 11.9 Å². The van der Waals surface area contributed by atoms with Crippen LogP contribution < -0.4 is 4.72 Å². The van der Waals surface area contributed by atoms with Crippen LogP contribution in [0.2, 0.25) is 15.5 Å². The van der Waals surface area contributed by atoms with Gasteiger partial charge in [-0.2, -0.15) is 9.03 Å². The second kappa shape index (κ2) is 24.7. The van der Waals surface area contributed by atoms with Crippen LogP contribution in [0, 0.1) is 0 Å². The van der Waals surface area contributed by atoms with Crippen LogP contribution in [0.3, 0.4) is 0 Å². The molecule has 0 amide bonds. The first-order chi connectivity index (χ1) is 34.3. The third-order valence-corrected chi connectivity index (χ3v) is 19.9. The van der Waals surface area contributed by atoms with Crippen molar-refractivity contribution in [3.63, 3.8) is 0 Å². The molecule has 8 rings (SSSR count). The maximum atomic E-state index is 13.9. The molecule has 3 aromatic heterocycles. The van der Waals surface area contributed by atoms with Gasteiger partial charge < -0.3 is 14.4 Å². The molecule has 0 radical (unpaired) electrons. The molecule has 26 heteroatoms. The summed E-state index contributed by atoms with van der Waals surface area (Å²) in [4.78, 5) is 39.5. The lowest BCUT2D eigenvalue weighted by Gasteiger charge is -2.38. The Hall–Kier alpha value is -2.84. The number of pyridine rings is 3. The zero-order chi connectivity index (χ0) is 53.7. The lowest BCUT2D eigenvalue weighted by atomic mass is 9.97. The Labute approximate surface area is 469 Å². The van der Waals surface area contributed by atoms with Gasteiger partial charge in [0, 0.05) is 88.1 Å². The summed E-state index contributed by atoms with van der Waals surface area (Å²) in [5, 5.41) is 4.55. The highest BCUT2D eigenvalue weighted by molar-refractivity contribution is 9.11. The SMILES string of the molecule is CCOC(=O)C1(N(CCN(C)C)S(=O)(=O)c2ccc3c(Br)cnc(Cl)c3c2)CCCC1.CCOC(=O)C1(NS(=O)(=O)c2ccc3c(Br)cnc(Cl)c3c2)CCCC1.O=S(=O)(Cl)c1ccc2c(Br)cnc(Cl)c2c1. The normalized spacial score (nSPS) is 15.5. The first-order valence-corrected chi connectivity index (χ1v) is 31.3. The van der Waals surface area contributed by atoms with E-state index in [0.29, 0.717) is 52.9 Å². The van der Waals surface area contributed by atoms with Crippen molar-refractivity contribution in [1.29, 1.82) is 0 Å². The minimum atomic E-state index is -4.02.